The highest BCUT2D eigenvalue weighted by atomic mass is 32.2. The Morgan fingerprint density at radius 3 is 1.83 bits per heavy atom. The molecule has 4 heteroatoms. The first kappa shape index (κ1) is 24.1. The topological polar surface area (TPSA) is 55.9 Å². The van der Waals surface area contributed by atoms with Crippen molar-refractivity contribution in [3.05, 3.63) is 161 Å². The van der Waals surface area contributed by atoms with Crippen LogP contribution in [0, 0.1) is 0 Å². The lowest BCUT2D eigenvalue weighted by molar-refractivity contribution is 0.537. The summed E-state index contributed by atoms with van der Waals surface area (Å²) in [5, 5.41) is 1.01. The van der Waals surface area contributed by atoms with Gasteiger partial charge in [-0.15, -0.1) is 0 Å². The van der Waals surface area contributed by atoms with Gasteiger partial charge in [-0.3, -0.25) is 4.21 Å². The van der Waals surface area contributed by atoms with Gasteiger partial charge in [0.2, 0.25) is 0 Å². The number of rotatable bonds is 4. The molecule has 196 valence electrons. The van der Waals surface area contributed by atoms with E-state index in [0.717, 1.165) is 33.3 Å². The van der Waals surface area contributed by atoms with Crippen LogP contribution in [0.1, 0.15) is 33.5 Å². The van der Waals surface area contributed by atoms with Gasteiger partial charge in [0.1, 0.15) is 0 Å². The third kappa shape index (κ3) is 3.20. The van der Waals surface area contributed by atoms with Gasteiger partial charge in [0.15, 0.2) is 0 Å². The highest BCUT2D eigenvalue weighted by Crippen LogP contribution is 2.59. The number of benzene rings is 5. The van der Waals surface area contributed by atoms with Crippen LogP contribution in [-0.4, -0.2) is 13.7 Å². The molecule has 5 aromatic carbocycles. The summed E-state index contributed by atoms with van der Waals surface area (Å²) in [6.07, 6.45) is 4.32. The van der Waals surface area contributed by atoms with Gasteiger partial charge in [-0.2, -0.15) is 0 Å². The van der Waals surface area contributed by atoms with Crippen LogP contribution in [0.3, 0.4) is 0 Å². The number of fused-ring (bicyclic) bond motifs is 8. The first-order valence-electron chi connectivity index (χ1n) is 13.6. The number of H-pyrrole nitrogens is 1. The van der Waals surface area contributed by atoms with E-state index < -0.39 is 16.5 Å². The maximum absolute atomic E-state index is 12.1. The van der Waals surface area contributed by atoms with Crippen molar-refractivity contribution in [2.24, 2.45) is 0 Å². The molecule has 0 amide bonds. The molecule has 0 fully saturated rings. The second-order valence-corrected chi connectivity index (χ2v) is 11.5. The Hall–Kier alpha value is -4.77. The van der Waals surface area contributed by atoms with Gasteiger partial charge < -0.3 is 9.54 Å². The molecule has 1 spiro atoms. The van der Waals surface area contributed by atoms with Crippen molar-refractivity contribution in [1.82, 2.24) is 4.98 Å². The number of para-hydroxylation sites is 1. The van der Waals surface area contributed by atoms with E-state index in [0.29, 0.717) is 5.56 Å². The fourth-order valence-corrected chi connectivity index (χ4v) is 7.62. The molecule has 1 aromatic heterocycles. The maximum atomic E-state index is 12.1. The minimum atomic E-state index is -2.36. The molecule has 0 radical (unpaired) electrons. The highest BCUT2D eigenvalue weighted by Gasteiger charge is 2.48. The molecule has 41 heavy (non-hydrogen) atoms. The monoisotopic (exact) mass is 546 g/mol. The minimum Gasteiger partial charge on any atom is -0.768 e. The lowest BCUT2D eigenvalue weighted by Crippen LogP contribution is -2.22. The van der Waals surface area contributed by atoms with Crippen LogP contribution in [0.15, 0.2) is 133 Å². The van der Waals surface area contributed by atoms with Crippen molar-refractivity contribution in [2.45, 2.75) is 10.3 Å². The summed E-state index contributed by atoms with van der Waals surface area (Å²) in [6, 6.07) is 39.3. The summed E-state index contributed by atoms with van der Waals surface area (Å²) in [5.74, 6) is 0. The van der Waals surface area contributed by atoms with Crippen molar-refractivity contribution >= 4 is 33.6 Å². The standard InChI is InChI=1S/C37H25NO2S/c1-2-23-28-16-11-17-29(27-15-6-10-21-34(27)41(39)40)36(28)38-35(23)30-22-37(33-20-9-5-14-26(30)33)31-18-7-3-12-24(31)25-13-4-8-19-32(25)37/h2-22,38H,1H2,(H,39,40)/p-1. The van der Waals surface area contributed by atoms with Gasteiger partial charge in [-0.25, -0.2) is 0 Å². The van der Waals surface area contributed by atoms with Crippen LogP contribution in [0.2, 0.25) is 0 Å². The summed E-state index contributed by atoms with van der Waals surface area (Å²) < 4.78 is 24.2. The second-order valence-electron chi connectivity index (χ2n) is 10.6. The number of aromatic nitrogens is 1. The van der Waals surface area contributed by atoms with Crippen molar-refractivity contribution in [2.75, 3.05) is 0 Å². The second kappa shape index (κ2) is 8.87. The highest BCUT2D eigenvalue weighted by molar-refractivity contribution is 7.79. The van der Waals surface area contributed by atoms with E-state index in [1.807, 2.05) is 30.3 Å². The Bertz CT molecular complexity index is 2070. The first-order chi connectivity index (χ1) is 20.1. The Kier molecular flexibility index (Phi) is 5.20. The molecule has 1 N–H and O–H groups in total. The number of allylic oxidation sites excluding steroid dienone is 1. The normalized spacial score (nSPS) is 14.9. The summed E-state index contributed by atoms with van der Waals surface area (Å²) >= 11 is -2.36. The number of aromatic amines is 1. The molecule has 0 saturated heterocycles. The predicted octanol–water partition coefficient (Wildman–Crippen LogP) is 8.48. The van der Waals surface area contributed by atoms with Crippen LogP contribution in [-0.2, 0) is 16.5 Å². The molecule has 0 saturated carbocycles. The van der Waals surface area contributed by atoms with E-state index in [4.69, 9.17) is 0 Å². The van der Waals surface area contributed by atoms with Crippen LogP contribution >= 0.6 is 0 Å². The van der Waals surface area contributed by atoms with Gasteiger partial charge in [0, 0.05) is 27.0 Å². The molecule has 1 unspecified atom stereocenters. The van der Waals surface area contributed by atoms with Gasteiger partial charge in [-0.1, -0.05) is 128 Å². The molecular formula is C37H24NO2S-. The third-order valence-corrected chi connectivity index (χ3v) is 9.42. The van der Waals surface area contributed by atoms with Gasteiger partial charge >= 0.3 is 0 Å². The molecule has 0 aliphatic heterocycles. The van der Waals surface area contributed by atoms with E-state index >= 15 is 0 Å². The average molecular weight is 547 g/mol. The zero-order chi connectivity index (χ0) is 27.7. The van der Waals surface area contributed by atoms with Gasteiger partial charge in [-0.05, 0) is 56.1 Å². The van der Waals surface area contributed by atoms with E-state index in [1.54, 1.807) is 12.1 Å². The minimum absolute atomic E-state index is 0.278. The quantitative estimate of drug-likeness (QED) is 0.226. The first-order valence-corrected chi connectivity index (χ1v) is 14.7. The number of hydrogen-bond donors (Lipinski definition) is 1. The number of hydrogen-bond acceptors (Lipinski definition) is 2. The lowest BCUT2D eigenvalue weighted by atomic mass is 9.74. The molecule has 0 bridgehead atoms. The summed E-state index contributed by atoms with van der Waals surface area (Å²) in [5.41, 5.74) is 12.6. The maximum Gasteiger partial charge on any atom is 0.0659 e. The van der Waals surface area contributed by atoms with Crippen LogP contribution in [0.4, 0.5) is 0 Å². The van der Waals surface area contributed by atoms with Crippen molar-refractivity contribution in [1.29, 1.82) is 0 Å². The van der Waals surface area contributed by atoms with Crippen LogP contribution < -0.4 is 0 Å². The summed E-state index contributed by atoms with van der Waals surface area (Å²) in [7, 11) is 0. The lowest BCUT2D eigenvalue weighted by Gasteiger charge is -2.27. The molecule has 2 aliphatic carbocycles. The summed E-state index contributed by atoms with van der Waals surface area (Å²) in [6.45, 7) is 4.20. The van der Waals surface area contributed by atoms with Crippen LogP contribution in [0.5, 0.6) is 0 Å². The van der Waals surface area contributed by atoms with E-state index in [-0.39, 0.29) is 4.90 Å². The van der Waals surface area contributed by atoms with Gasteiger partial charge in [0.25, 0.3) is 0 Å². The van der Waals surface area contributed by atoms with Gasteiger partial charge in [0.05, 0.1) is 16.6 Å². The van der Waals surface area contributed by atoms with E-state index in [1.165, 1.54) is 33.4 Å². The smallest absolute Gasteiger partial charge is 0.0659 e. The third-order valence-electron chi connectivity index (χ3n) is 8.70. The molecule has 6 aromatic rings. The average Bonchev–Trinajstić information content (AvgIpc) is 3.66. The molecule has 3 nitrogen and oxygen atoms in total. The summed E-state index contributed by atoms with van der Waals surface area (Å²) in [4.78, 5) is 4.02. The Morgan fingerprint density at radius 1 is 0.659 bits per heavy atom. The zero-order valence-electron chi connectivity index (χ0n) is 22.1. The Balaban J connectivity index is 1.44. The Labute approximate surface area is 240 Å². The molecular weight excluding hydrogens is 522 g/mol. The van der Waals surface area contributed by atoms with E-state index in [2.05, 4.69) is 96.5 Å². The fraction of sp³-hybridized carbons (Fsp3) is 0.0270. The Morgan fingerprint density at radius 2 is 1.20 bits per heavy atom. The fourth-order valence-electron chi connectivity index (χ4n) is 7.08. The SMILES string of the molecule is C=Cc1c(C2=CC3(c4ccccc42)c2ccccc2-c2ccccc23)[nH]c2c(-c3ccccc3S(=O)[O-])cccc12. The predicted molar refractivity (Wildman–Crippen MR) is 166 cm³/mol. The number of nitrogens with one attached hydrogen (secondary N) is 1. The van der Waals surface area contributed by atoms with Crippen molar-refractivity contribution in [3.8, 4) is 22.3 Å². The zero-order valence-corrected chi connectivity index (χ0v) is 22.9. The van der Waals surface area contributed by atoms with E-state index in [9.17, 15) is 8.76 Å². The molecule has 8 rings (SSSR count). The van der Waals surface area contributed by atoms with Crippen molar-refractivity contribution < 1.29 is 8.76 Å². The molecule has 1 heterocycles. The van der Waals surface area contributed by atoms with Crippen molar-refractivity contribution in [3.63, 3.8) is 0 Å². The molecule has 1 atom stereocenters. The largest absolute Gasteiger partial charge is 0.768 e. The van der Waals surface area contributed by atoms with Crippen LogP contribution in [0.25, 0.3) is 44.8 Å². The molecule has 2 aliphatic rings.